The molecular formula is C13H18O5. The molecule has 0 atom stereocenters. The standard InChI is InChI=1S/C10H12O3.C3H6O2/c11-5-1-2-8-3-4-9-10(6-8)13-7-12-9;1-2-3(4)5/h3-4,6,11H,1-2,5,7H2;2H2,1H3,(H,4,5). The van der Waals surface area contributed by atoms with Crippen molar-refractivity contribution >= 4 is 5.97 Å². The van der Waals surface area contributed by atoms with Gasteiger partial charge in [0.25, 0.3) is 0 Å². The fourth-order valence-electron chi connectivity index (χ4n) is 1.38. The summed E-state index contributed by atoms with van der Waals surface area (Å²) in [6.45, 7) is 2.15. The Kier molecular flexibility index (Phi) is 6.00. The van der Waals surface area contributed by atoms with Crippen LogP contribution in [0.15, 0.2) is 18.2 Å². The Balaban J connectivity index is 0.000000280. The summed E-state index contributed by atoms with van der Waals surface area (Å²) in [5, 5.41) is 16.4. The van der Waals surface area contributed by atoms with E-state index in [0.717, 1.165) is 24.3 Å². The fraction of sp³-hybridized carbons (Fsp3) is 0.462. The summed E-state index contributed by atoms with van der Waals surface area (Å²) in [6, 6.07) is 5.89. The second kappa shape index (κ2) is 7.55. The number of hydrogen-bond acceptors (Lipinski definition) is 4. The number of aliphatic carboxylic acids is 1. The maximum Gasteiger partial charge on any atom is 0.303 e. The first-order valence-electron chi connectivity index (χ1n) is 5.88. The van der Waals surface area contributed by atoms with E-state index in [1.165, 1.54) is 5.56 Å². The molecule has 0 aliphatic carbocycles. The zero-order chi connectivity index (χ0) is 13.4. The summed E-state index contributed by atoms with van der Waals surface area (Å²) in [5.74, 6) is 0.883. The van der Waals surface area contributed by atoms with Gasteiger partial charge < -0.3 is 19.7 Å². The monoisotopic (exact) mass is 254 g/mol. The lowest BCUT2D eigenvalue weighted by Gasteiger charge is -2.00. The smallest absolute Gasteiger partial charge is 0.303 e. The third kappa shape index (κ3) is 4.63. The predicted octanol–water partition coefficient (Wildman–Crippen LogP) is 1.82. The Labute approximate surface area is 106 Å². The lowest BCUT2D eigenvalue weighted by atomic mass is 10.1. The van der Waals surface area contributed by atoms with Crippen LogP contribution in [-0.4, -0.2) is 29.6 Å². The third-order valence-corrected chi connectivity index (χ3v) is 2.36. The Bertz CT molecular complexity index is 389. The van der Waals surface area contributed by atoms with Crippen molar-refractivity contribution < 1.29 is 24.5 Å². The first-order valence-corrected chi connectivity index (χ1v) is 5.88. The number of aryl methyl sites for hydroxylation is 1. The van der Waals surface area contributed by atoms with Crippen LogP contribution in [0.2, 0.25) is 0 Å². The van der Waals surface area contributed by atoms with Crippen molar-refractivity contribution in [2.45, 2.75) is 26.2 Å². The second-order valence-corrected chi connectivity index (χ2v) is 3.76. The molecule has 0 bridgehead atoms. The SMILES string of the molecule is CCC(=O)O.OCCCc1ccc2c(c1)OCO2. The van der Waals surface area contributed by atoms with Gasteiger partial charge in [-0.25, -0.2) is 0 Å². The number of rotatable bonds is 4. The van der Waals surface area contributed by atoms with Crippen molar-refractivity contribution in [3.63, 3.8) is 0 Å². The van der Waals surface area contributed by atoms with E-state index in [-0.39, 0.29) is 13.0 Å². The molecule has 0 unspecified atom stereocenters. The van der Waals surface area contributed by atoms with Crippen molar-refractivity contribution in [1.29, 1.82) is 0 Å². The minimum Gasteiger partial charge on any atom is -0.481 e. The molecule has 18 heavy (non-hydrogen) atoms. The van der Waals surface area contributed by atoms with Crippen LogP contribution in [0.1, 0.15) is 25.3 Å². The topological polar surface area (TPSA) is 76.0 Å². The molecule has 1 aromatic carbocycles. The van der Waals surface area contributed by atoms with Crippen LogP contribution in [0.25, 0.3) is 0 Å². The number of carboxylic acid groups (broad SMARTS) is 1. The van der Waals surface area contributed by atoms with E-state index in [1.54, 1.807) is 6.92 Å². The van der Waals surface area contributed by atoms with Crippen LogP contribution in [0.3, 0.4) is 0 Å². The summed E-state index contributed by atoms with van der Waals surface area (Å²) in [5.41, 5.74) is 1.18. The first kappa shape index (κ1) is 14.3. The zero-order valence-electron chi connectivity index (χ0n) is 10.4. The van der Waals surface area contributed by atoms with Gasteiger partial charge >= 0.3 is 5.97 Å². The van der Waals surface area contributed by atoms with Gasteiger partial charge in [-0.1, -0.05) is 13.0 Å². The van der Waals surface area contributed by atoms with Crippen molar-refractivity contribution in [3.8, 4) is 11.5 Å². The van der Waals surface area contributed by atoms with Crippen LogP contribution in [0.4, 0.5) is 0 Å². The summed E-state index contributed by atoms with van der Waals surface area (Å²) >= 11 is 0. The van der Waals surface area contributed by atoms with Crippen LogP contribution < -0.4 is 9.47 Å². The Hall–Kier alpha value is -1.75. The lowest BCUT2D eigenvalue weighted by molar-refractivity contribution is -0.136. The number of aliphatic hydroxyl groups is 1. The molecule has 0 saturated carbocycles. The summed E-state index contributed by atoms with van der Waals surface area (Å²) in [6.07, 6.45) is 1.90. The molecule has 2 N–H and O–H groups in total. The van der Waals surface area contributed by atoms with Crippen molar-refractivity contribution in [2.24, 2.45) is 0 Å². The van der Waals surface area contributed by atoms with Crippen molar-refractivity contribution in [1.82, 2.24) is 0 Å². The molecule has 1 heterocycles. The molecule has 0 saturated heterocycles. The van der Waals surface area contributed by atoms with E-state index in [1.807, 2.05) is 18.2 Å². The van der Waals surface area contributed by atoms with Gasteiger partial charge in [-0.15, -0.1) is 0 Å². The molecule has 1 aliphatic rings. The molecule has 0 fully saturated rings. The molecular weight excluding hydrogens is 236 g/mol. The number of carbonyl (C=O) groups is 1. The Morgan fingerprint density at radius 3 is 2.61 bits per heavy atom. The highest BCUT2D eigenvalue weighted by molar-refractivity contribution is 5.66. The number of hydrogen-bond donors (Lipinski definition) is 2. The number of fused-ring (bicyclic) bond motifs is 1. The van der Waals surface area contributed by atoms with Crippen molar-refractivity contribution in [2.75, 3.05) is 13.4 Å². The average Bonchev–Trinajstić information content (AvgIpc) is 2.84. The average molecular weight is 254 g/mol. The molecule has 1 aliphatic heterocycles. The van der Waals surface area contributed by atoms with Gasteiger partial charge in [0.2, 0.25) is 6.79 Å². The van der Waals surface area contributed by atoms with Gasteiger partial charge in [0.15, 0.2) is 11.5 Å². The molecule has 2 rings (SSSR count). The highest BCUT2D eigenvalue weighted by Crippen LogP contribution is 2.32. The molecule has 0 radical (unpaired) electrons. The molecule has 100 valence electrons. The maximum atomic E-state index is 9.37. The quantitative estimate of drug-likeness (QED) is 0.857. The van der Waals surface area contributed by atoms with Crippen molar-refractivity contribution in [3.05, 3.63) is 23.8 Å². The molecule has 0 amide bonds. The van der Waals surface area contributed by atoms with Gasteiger partial charge in [-0.2, -0.15) is 0 Å². The highest BCUT2D eigenvalue weighted by atomic mass is 16.7. The molecule has 5 nitrogen and oxygen atoms in total. The summed E-state index contributed by atoms with van der Waals surface area (Å²) in [4.78, 5) is 9.37. The van der Waals surface area contributed by atoms with Gasteiger partial charge in [0.05, 0.1) is 0 Å². The minimum absolute atomic E-state index is 0.222. The van der Waals surface area contributed by atoms with Gasteiger partial charge in [-0.3, -0.25) is 4.79 Å². The highest BCUT2D eigenvalue weighted by Gasteiger charge is 2.12. The van der Waals surface area contributed by atoms with E-state index >= 15 is 0 Å². The predicted molar refractivity (Wildman–Crippen MR) is 65.9 cm³/mol. The van der Waals surface area contributed by atoms with E-state index in [2.05, 4.69) is 0 Å². The molecule has 1 aromatic rings. The van der Waals surface area contributed by atoms with Crippen LogP contribution in [-0.2, 0) is 11.2 Å². The first-order chi connectivity index (χ1) is 8.67. The molecule has 5 heteroatoms. The second-order valence-electron chi connectivity index (χ2n) is 3.76. The number of ether oxygens (including phenoxy) is 2. The number of carboxylic acids is 1. The maximum absolute atomic E-state index is 9.37. The van der Waals surface area contributed by atoms with Gasteiger partial charge in [-0.05, 0) is 30.5 Å². The number of aliphatic hydroxyl groups excluding tert-OH is 1. The van der Waals surface area contributed by atoms with Gasteiger partial charge in [0.1, 0.15) is 0 Å². The third-order valence-electron chi connectivity index (χ3n) is 2.36. The van der Waals surface area contributed by atoms with Crippen LogP contribution >= 0.6 is 0 Å². The summed E-state index contributed by atoms with van der Waals surface area (Å²) in [7, 11) is 0. The number of benzene rings is 1. The van der Waals surface area contributed by atoms with Crippen LogP contribution in [0.5, 0.6) is 11.5 Å². The van der Waals surface area contributed by atoms with E-state index in [4.69, 9.17) is 19.7 Å². The summed E-state index contributed by atoms with van der Waals surface area (Å²) < 4.78 is 10.4. The molecule has 0 aromatic heterocycles. The normalized spacial score (nSPS) is 11.7. The largest absolute Gasteiger partial charge is 0.481 e. The molecule has 0 spiro atoms. The lowest BCUT2D eigenvalue weighted by Crippen LogP contribution is -1.93. The van der Waals surface area contributed by atoms with Gasteiger partial charge in [0, 0.05) is 13.0 Å². The zero-order valence-corrected chi connectivity index (χ0v) is 10.4. The van der Waals surface area contributed by atoms with E-state index in [0.29, 0.717) is 6.79 Å². The Morgan fingerprint density at radius 2 is 2.00 bits per heavy atom. The Morgan fingerprint density at radius 1 is 1.33 bits per heavy atom. The van der Waals surface area contributed by atoms with E-state index in [9.17, 15) is 4.79 Å². The minimum atomic E-state index is -0.745. The van der Waals surface area contributed by atoms with Crippen LogP contribution in [0, 0.1) is 0 Å². The fourth-order valence-corrected chi connectivity index (χ4v) is 1.38. The van der Waals surface area contributed by atoms with E-state index < -0.39 is 5.97 Å².